The summed E-state index contributed by atoms with van der Waals surface area (Å²) >= 11 is 0. The first-order valence-electron chi connectivity index (χ1n) is 9.69. The van der Waals surface area contributed by atoms with Crippen molar-refractivity contribution >= 4 is 0 Å². The zero-order chi connectivity index (χ0) is 18.0. The molecular formula is C21H30N4O. The number of rotatable bonds is 5. The van der Waals surface area contributed by atoms with Gasteiger partial charge in [0.25, 0.3) is 0 Å². The van der Waals surface area contributed by atoms with E-state index in [0.717, 1.165) is 18.8 Å². The van der Waals surface area contributed by atoms with E-state index >= 15 is 0 Å². The first-order chi connectivity index (χ1) is 12.6. The van der Waals surface area contributed by atoms with Crippen LogP contribution in [0.2, 0.25) is 0 Å². The Labute approximate surface area is 156 Å². The summed E-state index contributed by atoms with van der Waals surface area (Å²) in [5, 5.41) is 4.32. The number of benzene rings is 1. The summed E-state index contributed by atoms with van der Waals surface area (Å²) in [6.45, 7) is 6.97. The molecule has 0 radical (unpaired) electrons. The fourth-order valence-electron chi connectivity index (χ4n) is 4.74. The molecule has 2 saturated heterocycles. The first kappa shape index (κ1) is 17.6. The predicted molar refractivity (Wildman–Crippen MR) is 103 cm³/mol. The fourth-order valence-corrected chi connectivity index (χ4v) is 4.74. The minimum Gasteiger partial charge on any atom is -0.497 e. The second kappa shape index (κ2) is 7.41. The fraction of sp³-hybridized carbons (Fsp3) is 0.571. The number of aryl methyl sites for hydroxylation is 1. The smallest absolute Gasteiger partial charge is 0.118 e. The molecule has 0 aliphatic carbocycles. The van der Waals surface area contributed by atoms with Crippen LogP contribution >= 0.6 is 0 Å². The number of hydrogen-bond donors (Lipinski definition) is 0. The minimum absolute atomic E-state index is 0.479. The summed E-state index contributed by atoms with van der Waals surface area (Å²) in [4.78, 5) is 5.27. The van der Waals surface area contributed by atoms with Crippen molar-refractivity contribution in [2.75, 3.05) is 33.3 Å². The second-order valence-electron chi connectivity index (χ2n) is 8.15. The highest BCUT2D eigenvalue weighted by molar-refractivity contribution is 5.27. The van der Waals surface area contributed by atoms with E-state index in [1.807, 2.05) is 17.9 Å². The normalized spacial score (nSPS) is 24.4. The summed E-state index contributed by atoms with van der Waals surface area (Å²) < 4.78 is 7.17. The molecule has 1 aromatic carbocycles. The SMILES string of the molecule is COc1ccc(CN2CC[C@@]3(CCCN(Cc4cnn(C)c4)C3)C2)cc1. The molecule has 0 saturated carbocycles. The lowest BCUT2D eigenvalue weighted by atomic mass is 9.79. The first-order valence-corrected chi connectivity index (χ1v) is 9.69. The maximum atomic E-state index is 5.27. The average Bonchev–Trinajstić information content (AvgIpc) is 3.22. The molecule has 26 heavy (non-hydrogen) atoms. The Morgan fingerprint density at radius 3 is 2.42 bits per heavy atom. The number of likely N-dealkylation sites (tertiary alicyclic amines) is 2. The van der Waals surface area contributed by atoms with E-state index in [1.54, 1.807) is 7.11 Å². The molecule has 3 heterocycles. The molecule has 1 aromatic heterocycles. The van der Waals surface area contributed by atoms with E-state index in [-0.39, 0.29) is 0 Å². The highest BCUT2D eigenvalue weighted by atomic mass is 16.5. The topological polar surface area (TPSA) is 33.5 Å². The van der Waals surface area contributed by atoms with Crippen molar-refractivity contribution < 1.29 is 4.74 Å². The third kappa shape index (κ3) is 3.94. The summed E-state index contributed by atoms with van der Waals surface area (Å²) in [6.07, 6.45) is 8.16. The van der Waals surface area contributed by atoms with Gasteiger partial charge >= 0.3 is 0 Å². The van der Waals surface area contributed by atoms with Crippen molar-refractivity contribution in [2.24, 2.45) is 12.5 Å². The Kier molecular flexibility index (Phi) is 5.00. The summed E-state index contributed by atoms with van der Waals surface area (Å²) in [5.74, 6) is 0.935. The van der Waals surface area contributed by atoms with Crippen LogP contribution in [0.1, 0.15) is 30.4 Å². The van der Waals surface area contributed by atoms with Gasteiger partial charge in [0.05, 0.1) is 13.3 Å². The number of ether oxygens (including phenoxy) is 1. The van der Waals surface area contributed by atoms with Gasteiger partial charge in [0, 0.05) is 45.0 Å². The third-order valence-electron chi connectivity index (χ3n) is 5.99. The highest BCUT2D eigenvalue weighted by Crippen LogP contribution is 2.39. The molecule has 2 aliphatic rings. The predicted octanol–water partition coefficient (Wildman–Crippen LogP) is 2.92. The van der Waals surface area contributed by atoms with Crippen molar-refractivity contribution in [1.29, 1.82) is 0 Å². The highest BCUT2D eigenvalue weighted by Gasteiger charge is 2.41. The van der Waals surface area contributed by atoms with Crippen LogP contribution < -0.4 is 4.74 Å². The molecule has 2 fully saturated rings. The quantitative estimate of drug-likeness (QED) is 0.827. The van der Waals surface area contributed by atoms with Crippen LogP contribution in [0.5, 0.6) is 5.75 Å². The van der Waals surface area contributed by atoms with E-state index in [0.29, 0.717) is 5.41 Å². The van der Waals surface area contributed by atoms with Crippen LogP contribution in [0, 0.1) is 5.41 Å². The molecule has 140 valence electrons. The monoisotopic (exact) mass is 354 g/mol. The van der Waals surface area contributed by atoms with Gasteiger partial charge in [0.1, 0.15) is 5.75 Å². The van der Waals surface area contributed by atoms with E-state index in [9.17, 15) is 0 Å². The molecule has 0 unspecified atom stereocenters. The van der Waals surface area contributed by atoms with Gasteiger partial charge in [-0.25, -0.2) is 0 Å². The van der Waals surface area contributed by atoms with Gasteiger partial charge in [-0.1, -0.05) is 12.1 Å². The molecule has 4 rings (SSSR count). The Hall–Kier alpha value is -1.85. The van der Waals surface area contributed by atoms with Gasteiger partial charge in [-0.05, 0) is 55.5 Å². The zero-order valence-corrected chi connectivity index (χ0v) is 16.0. The van der Waals surface area contributed by atoms with E-state index < -0.39 is 0 Å². The molecule has 2 aliphatic heterocycles. The largest absolute Gasteiger partial charge is 0.497 e. The van der Waals surface area contributed by atoms with Crippen LogP contribution in [0.25, 0.3) is 0 Å². The standard InChI is InChI=1S/C21H30N4O/c1-23-13-19(12-22-23)15-24-10-3-8-21(16-24)9-11-25(17-21)14-18-4-6-20(26-2)7-5-18/h4-7,12-13H,3,8-11,14-17H2,1-2H3/t21-/m1/s1. The zero-order valence-electron chi connectivity index (χ0n) is 16.0. The van der Waals surface area contributed by atoms with Crippen LogP contribution in [0.15, 0.2) is 36.7 Å². The van der Waals surface area contributed by atoms with Gasteiger partial charge in [-0.2, -0.15) is 5.10 Å². The van der Waals surface area contributed by atoms with Crippen molar-refractivity contribution in [3.8, 4) is 5.75 Å². The maximum absolute atomic E-state index is 5.27. The van der Waals surface area contributed by atoms with Gasteiger partial charge in [0.2, 0.25) is 0 Å². The van der Waals surface area contributed by atoms with Crippen molar-refractivity contribution in [2.45, 2.75) is 32.4 Å². The average molecular weight is 354 g/mol. The summed E-state index contributed by atoms with van der Waals surface area (Å²) in [6, 6.07) is 8.52. The third-order valence-corrected chi connectivity index (χ3v) is 5.99. The van der Waals surface area contributed by atoms with Crippen LogP contribution in [0.4, 0.5) is 0 Å². The van der Waals surface area contributed by atoms with Crippen molar-refractivity contribution in [3.63, 3.8) is 0 Å². The van der Waals surface area contributed by atoms with Crippen LogP contribution in [-0.4, -0.2) is 52.9 Å². The number of hydrogen-bond acceptors (Lipinski definition) is 4. The van der Waals surface area contributed by atoms with E-state index in [2.05, 4.69) is 45.4 Å². The lowest BCUT2D eigenvalue weighted by molar-refractivity contribution is 0.0866. The number of nitrogens with zero attached hydrogens (tertiary/aromatic N) is 4. The Balaban J connectivity index is 1.35. The summed E-state index contributed by atoms with van der Waals surface area (Å²) in [7, 11) is 3.72. The molecule has 0 bridgehead atoms. The van der Waals surface area contributed by atoms with Crippen molar-refractivity contribution in [3.05, 3.63) is 47.8 Å². The molecule has 1 atom stereocenters. The molecular weight excluding hydrogens is 324 g/mol. The van der Waals surface area contributed by atoms with Crippen LogP contribution in [0.3, 0.4) is 0 Å². The van der Waals surface area contributed by atoms with Gasteiger partial charge in [0.15, 0.2) is 0 Å². The van der Waals surface area contributed by atoms with Gasteiger partial charge in [-0.15, -0.1) is 0 Å². The summed E-state index contributed by atoms with van der Waals surface area (Å²) in [5.41, 5.74) is 3.19. The molecule has 5 nitrogen and oxygen atoms in total. The molecule has 1 spiro atoms. The molecule has 5 heteroatoms. The molecule has 0 N–H and O–H groups in total. The van der Waals surface area contributed by atoms with E-state index in [1.165, 1.54) is 56.6 Å². The van der Waals surface area contributed by atoms with Crippen LogP contribution in [-0.2, 0) is 20.1 Å². The number of piperidine rings is 1. The lowest BCUT2D eigenvalue weighted by Crippen LogP contribution is -2.44. The van der Waals surface area contributed by atoms with Gasteiger partial charge < -0.3 is 4.74 Å². The van der Waals surface area contributed by atoms with Crippen molar-refractivity contribution in [1.82, 2.24) is 19.6 Å². The Morgan fingerprint density at radius 2 is 1.73 bits per heavy atom. The Morgan fingerprint density at radius 1 is 1.00 bits per heavy atom. The number of aromatic nitrogens is 2. The van der Waals surface area contributed by atoms with Gasteiger partial charge in [-0.3, -0.25) is 14.5 Å². The van der Waals surface area contributed by atoms with E-state index in [4.69, 9.17) is 4.74 Å². The molecule has 0 amide bonds. The Bertz CT molecular complexity index is 726. The minimum atomic E-state index is 0.479. The second-order valence-corrected chi connectivity index (χ2v) is 8.15. The molecule has 2 aromatic rings. The maximum Gasteiger partial charge on any atom is 0.118 e. The lowest BCUT2D eigenvalue weighted by Gasteiger charge is -2.40. The number of methoxy groups -OCH3 is 1.